The van der Waals surface area contributed by atoms with E-state index >= 15 is 0 Å². The highest BCUT2D eigenvalue weighted by molar-refractivity contribution is 7.09. The van der Waals surface area contributed by atoms with Crippen molar-refractivity contribution in [3.63, 3.8) is 0 Å². The molecule has 0 amide bonds. The highest BCUT2D eigenvalue weighted by atomic mass is 32.1. The molecule has 0 aromatic carbocycles. The van der Waals surface area contributed by atoms with Crippen molar-refractivity contribution in [3.8, 4) is 0 Å². The van der Waals surface area contributed by atoms with Crippen LogP contribution in [-0.4, -0.2) is 44.5 Å². The van der Waals surface area contributed by atoms with Crippen LogP contribution in [0.5, 0.6) is 0 Å². The second-order valence-electron chi connectivity index (χ2n) is 6.56. The van der Waals surface area contributed by atoms with Crippen molar-refractivity contribution in [1.82, 2.24) is 14.7 Å². The molecule has 0 saturated carbocycles. The first-order valence-corrected chi connectivity index (χ1v) is 9.67. The van der Waals surface area contributed by atoms with Crippen molar-refractivity contribution in [1.29, 1.82) is 0 Å². The van der Waals surface area contributed by atoms with Gasteiger partial charge in [0.2, 0.25) is 0 Å². The number of carboxylic acid groups (broad SMARTS) is 1. The predicted octanol–water partition coefficient (Wildman–Crippen LogP) is 4.10. The zero-order valence-electron chi connectivity index (χ0n) is 15.2. The molecule has 1 aliphatic rings. The Morgan fingerprint density at radius 3 is 2.70 bits per heavy atom. The number of hydrogen-bond donors (Lipinski definition) is 1. The van der Waals surface area contributed by atoms with E-state index in [2.05, 4.69) is 33.7 Å². The van der Waals surface area contributed by atoms with E-state index in [1.807, 2.05) is 29.3 Å². The number of alkyl halides is 3. The second kappa shape index (κ2) is 9.89. The summed E-state index contributed by atoms with van der Waals surface area (Å²) in [7, 11) is 1.99. The summed E-state index contributed by atoms with van der Waals surface area (Å²) in [6, 6.07) is 5.17. The fraction of sp³-hybridized carbons (Fsp3) is 0.556. The molecule has 1 atom stereocenters. The van der Waals surface area contributed by atoms with E-state index in [4.69, 9.17) is 9.90 Å². The van der Waals surface area contributed by atoms with E-state index in [9.17, 15) is 13.2 Å². The van der Waals surface area contributed by atoms with E-state index in [0.29, 0.717) is 0 Å². The lowest BCUT2D eigenvalue weighted by atomic mass is 9.97. The Balaban J connectivity index is 0.000000321. The summed E-state index contributed by atoms with van der Waals surface area (Å²) in [6.07, 6.45) is 5.67. The van der Waals surface area contributed by atoms with E-state index < -0.39 is 12.1 Å². The number of carbonyl (C=O) groups is 1. The molecule has 2 aromatic rings. The molecule has 27 heavy (non-hydrogen) atoms. The van der Waals surface area contributed by atoms with Gasteiger partial charge in [0, 0.05) is 36.3 Å². The Hall–Kier alpha value is -1.87. The van der Waals surface area contributed by atoms with Crippen LogP contribution in [0, 0.1) is 0 Å². The van der Waals surface area contributed by atoms with Crippen molar-refractivity contribution in [2.75, 3.05) is 6.54 Å². The van der Waals surface area contributed by atoms with Gasteiger partial charge in [-0.1, -0.05) is 12.5 Å². The summed E-state index contributed by atoms with van der Waals surface area (Å²) in [5, 5.41) is 13.6. The van der Waals surface area contributed by atoms with Gasteiger partial charge in [0.15, 0.2) is 0 Å². The van der Waals surface area contributed by atoms with Crippen molar-refractivity contribution in [3.05, 3.63) is 40.3 Å². The van der Waals surface area contributed by atoms with Crippen LogP contribution < -0.4 is 0 Å². The minimum atomic E-state index is -5.08. The molecule has 5 nitrogen and oxygen atoms in total. The summed E-state index contributed by atoms with van der Waals surface area (Å²) < 4.78 is 33.6. The van der Waals surface area contributed by atoms with Gasteiger partial charge in [-0.3, -0.25) is 9.58 Å². The van der Waals surface area contributed by atoms with Crippen LogP contribution in [0.25, 0.3) is 0 Å². The first-order chi connectivity index (χ1) is 12.8. The molecule has 1 fully saturated rings. The van der Waals surface area contributed by atoms with Crippen molar-refractivity contribution >= 4 is 17.3 Å². The number of nitrogens with zero attached hydrogens (tertiary/aromatic N) is 3. The van der Waals surface area contributed by atoms with Gasteiger partial charge in [0.1, 0.15) is 0 Å². The van der Waals surface area contributed by atoms with Crippen LogP contribution in [0.3, 0.4) is 0 Å². The molecule has 1 N–H and O–H groups in total. The maximum atomic E-state index is 10.6. The molecule has 1 saturated heterocycles. The minimum Gasteiger partial charge on any atom is -0.475 e. The summed E-state index contributed by atoms with van der Waals surface area (Å²) in [5.74, 6) is -2.76. The minimum absolute atomic E-state index is 0.742. The predicted molar refractivity (Wildman–Crippen MR) is 97.6 cm³/mol. The van der Waals surface area contributed by atoms with Gasteiger partial charge < -0.3 is 5.11 Å². The van der Waals surface area contributed by atoms with Crippen molar-refractivity contribution < 1.29 is 23.1 Å². The third-order valence-electron chi connectivity index (χ3n) is 4.44. The third-order valence-corrected chi connectivity index (χ3v) is 5.38. The number of carboxylic acids is 1. The summed E-state index contributed by atoms with van der Waals surface area (Å²) in [6.45, 7) is 2.30. The van der Waals surface area contributed by atoms with Gasteiger partial charge in [0.25, 0.3) is 0 Å². The van der Waals surface area contributed by atoms with Crippen LogP contribution in [0.2, 0.25) is 0 Å². The molecule has 0 spiro atoms. The SMILES string of the molecule is Cn1cc(CN2CCCCC2CCc2cccs2)cn1.O=C(O)C(F)(F)F. The molecular weight excluding hydrogens is 379 g/mol. The number of aliphatic carboxylic acids is 1. The highest BCUT2D eigenvalue weighted by Crippen LogP contribution is 2.24. The maximum Gasteiger partial charge on any atom is 0.490 e. The summed E-state index contributed by atoms with van der Waals surface area (Å²) in [5.41, 5.74) is 1.34. The molecule has 3 heterocycles. The quantitative estimate of drug-likeness (QED) is 0.817. The van der Waals surface area contributed by atoms with E-state index in [-0.39, 0.29) is 0 Å². The molecule has 9 heteroatoms. The molecule has 3 rings (SSSR count). The van der Waals surface area contributed by atoms with Gasteiger partial charge >= 0.3 is 12.1 Å². The van der Waals surface area contributed by atoms with E-state index in [1.165, 1.54) is 49.1 Å². The van der Waals surface area contributed by atoms with Crippen LogP contribution in [0.4, 0.5) is 13.2 Å². The largest absolute Gasteiger partial charge is 0.490 e. The standard InChI is InChI=1S/C16H23N3S.C2HF3O2/c1-18-12-14(11-17-18)13-19-9-3-2-5-15(19)7-8-16-6-4-10-20-16;3-2(4,5)1(6)7/h4,6,10-12,15H,2-3,5,7-9,13H2,1H3;(H,6,7). The van der Waals surface area contributed by atoms with Crippen LogP contribution in [0.15, 0.2) is 29.9 Å². The van der Waals surface area contributed by atoms with Gasteiger partial charge in [-0.05, 0) is 43.7 Å². The van der Waals surface area contributed by atoms with Crippen LogP contribution in [0.1, 0.15) is 36.1 Å². The first-order valence-electron chi connectivity index (χ1n) is 8.80. The average molecular weight is 403 g/mol. The monoisotopic (exact) mass is 403 g/mol. The third kappa shape index (κ3) is 7.34. The van der Waals surface area contributed by atoms with Crippen molar-refractivity contribution in [2.45, 2.75) is 50.9 Å². The molecule has 0 aliphatic carbocycles. The van der Waals surface area contributed by atoms with Crippen LogP contribution >= 0.6 is 11.3 Å². The Kier molecular flexibility index (Phi) is 7.85. The Labute approximate surface area is 160 Å². The number of hydrogen-bond acceptors (Lipinski definition) is 4. The molecule has 1 aliphatic heterocycles. The number of halogens is 3. The highest BCUT2D eigenvalue weighted by Gasteiger charge is 2.38. The molecule has 1 unspecified atom stereocenters. The Morgan fingerprint density at radius 1 is 1.41 bits per heavy atom. The Morgan fingerprint density at radius 2 is 2.15 bits per heavy atom. The number of piperidine rings is 1. The molecule has 0 radical (unpaired) electrons. The fourth-order valence-corrected chi connectivity index (χ4v) is 3.87. The zero-order chi connectivity index (χ0) is 19.9. The zero-order valence-corrected chi connectivity index (χ0v) is 16.0. The summed E-state index contributed by atoms with van der Waals surface area (Å²) >= 11 is 1.89. The summed E-state index contributed by atoms with van der Waals surface area (Å²) in [4.78, 5) is 13.1. The average Bonchev–Trinajstić information content (AvgIpc) is 3.25. The van der Waals surface area contributed by atoms with Gasteiger partial charge in [-0.2, -0.15) is 18.3 Å². The van der Waals surface area contributed by atoms with E-state index in [1.54, 1.807) is 0 Å². The van der Waals surface area contributed by atoms with Gasteiger partial charge in [0.05, 0.1) is 6.20 Å². The molecule has 2 aromatic heterocycles. The molecular formula is C18H24F3N3O2S. The normalized spacial score (nSPS) is 18.0. The van der Waals surface area contributed by atoms with Gasteiger partial charge in [-0.15, -0.1) is 11.3 Å². The number of thiophene rings is 1. The fourth-order valence-electron chi connectivity index (χ4n) is 3.15. The lowest BCUT2D eigenvalue weighted by Gasteiger charge is -2.35. The topological polar surface area (TPSA) is 58.4 Å². The number of likely N-dealkylation sites (tertiary alicyclic amines) is 1. The molecule has 0 bridgehead atoms. The number of aryl methyl sites for hydroxylation is 2. The van der Waals surface area contributed by atoms with Gasteiger partial charge in [-0.25, -0.2) is 4.79 Å². The van der Waals surface area contributed by atoms with Crippen LogP contribution in [-0.2, 0) is 24.8 Å². The smallest absolute Gasteiger partial charge is 0.475 e. The lowest BCUT2D eigenvalue weighted by molar-refractivity contribution is -0.192. The lowest BCUT2D eigenvalue weighted by Crippen LogP contribution is -2.39. The maximum absolute atomic E-state index is 10.6. The number of rotatable bonds is 5. The number of aromatic nitrogens is 2. The van der Waals surface area contributed by atoms with Crippen molar-refractivity contribution in [2.24, 2.45) is 7.05 Å². The second-order valence-corrected chi connectivity index (χ2v) is 7.60. The first kappa shape index (κ1) is 21.4. The van der Waals surface area contributed by atoms with E-state index in [0.717, 1.165) is 12.6 Å². The Bertz CT molecular complexity index is 701. The molecule has 150 valence electrons.